The van der Waals surface area contributed by atoms with E-state index >= 15 is 0 Å². The molecule has 0 saturated heterocycles. The lowest BCUT2D eigenvalue weighted by molar-refractivity contribution is 0.102. The van der Waals surface area contributed by atoms with Gasteiger partial charge in [0.25, 0.3) is 5.91 Å². The lowest BCUT2D eigenvalue weighted by Crippen LogP contribution is -2.14. The fraction of sp³-hybridized carbons (Fsp3) is 0.0714. The summed E-state index contributed by atoms with van der Waals surface area (Å²) in [5.41, 5.74) is 1.82. The van der Waals surface area contributed by atoms with E-state index in [1.807, 2.05) is 13.0 Å². The Morgan fingerprint density at radius 3 is 2.35 bits per heavy atom. The van der Waals surface area contributed by atoms with Gasteiger partial charge in [0.1, 0.15) is 0 Å². The van der Waals surface area contributed by atoms with E-state index in [-0.39, 0.29) is 5.91 Å². The van der Waals surface area contributed by atoms with Crippen molar-refractivity contribution in [1.82, 2.24) is 0 Å². The average molecular weight is 438 g/mol. The number of amides is 1. The van der Waals surface area contributed by atoms with Crippen LogP contribution in [0.4, 0.5) is 5.69 Å². The highest BCUT2D eigenvalue weighted by Gasteiger charge is 2.15. The van der Waals surface area contributed by atoms with Crippen LogP contribution in [0.15, 0.2) is 39.3 Å². The number of hydrogen-bond acceptors (Lipinski definition) is 1. The molecule has 0 fully saturated rings. The number of hydrogen-bond donors (Lipinski definition) is 1. The van der Waals surface area contributed by atoms with E-state index in [4.69, 9.17) is 23.2 Å². The Balaban J connectivity index is 2.36. The van der Waals surface area contributed by atoms with E-state index in [1.165, 1.54) is 0 Å². The molecule has 2 rings (SSSR count). The van der Waals surface area contributed by atoms with E-state index in [2.05, 4.69) is 37.2 Å². The van der Waals surface area contributed by atoms with Crippen LogP contribution in [0.2, 0.25) is 10.0 Å². The maximum Gasteiger partial charge on any atom is 0.256 e. The molecule has 0 bridgehead atoms. The van der Waals surface area contributed by atoms with Crippen molar-refractivity contribution in [3.8, 4) is 0 Å². The number of benzene rings is 2. The molecular weight excluding hydrogens is 429 g/mol. The smallest absolute Gasteiger partial charge is 0.256 e. The van der Waals surface area contributed by atoms with Crippen LogP contribution in [-0.2, 0) is 0 Å². The molecule has 6 heteroatoms. The molecule has 2 aromatic carbocycles. The molecule has 1 N–H and O–H groups in total. The quantitative estimate of drug-likeness (QED) is 0.606. The second kappa shape index (κ2) is 6.48. The van der Waals surface area contributed by atoms with Crippen molar-refractivity contribution in [2.24, 2.45) is 0 Å². The van der Waals surface area contributed by atoms with E-state index in [0.717, 1.165) is 14.5 Å². The minimum absolute atomic E-state index is 0.255. The number of carbonyl (C=O) groups excluding carboxylic acids is 1. The summed E-state index contributed by atoms with van der Waals surface area (Å²) in [6.45, 7) is 1.86. The number of anilines is 1. The molecule has 0 atom stereocenters. The third-order valence-electron chi connectivity index (χ3n) is 2.76. The van der Waals surface area contributed by atoms with Gasteiger partial charge in [-0.3, -0.25) is 4.79 Å². The highest BCUT2D eigenvalue weighted by molar-refractivity contribution is 9.10. The van der Waals surface area contributed by atoms with Crippen LogP contribution in [0.25, 0.3) is 0 Å². The second-order valence-electron chi connectivity index (χ2n) is 4.11. The molecule has 2 aromatic rings. The summed E-state index contributed by atoms with van der Waals surface area (Å²) in [7, 11) is 0. The van der Waals surface area contributed by atoms with Crippen LogP contribution in [0.3, 0.4) is 0 Å². The predicted molar refractivity (Wildman–Crippen MR) is 91.0 cm³/mol. The summed E-state index contributed by atoms with van der Waals surface area (Å²) >= 11 is 18.9. The second-order valence-corrected chi connectivity index (χ2v) is 6.70. The average Bonchev–Trinajstić information content (AvgIpc) is 2.36. The van der Waals surface area contributed by atoms with E-state index < -0.39 is 0 Å². The molecule has 0 radical (unpaired) electrons. The van der Waals surface area contributed by atoms with Gasteiger partial charge in [0.05, 0.1) is 15.7 Å². The zero-order valence-electron chi connectivity index (χ0n) is 10.3. The zero-order chi connectivity index (χ0) is 14.9. The first-order chi connectivity index (χ1) is 9.40. The van der Waals surface area contributed by atoms with Crippen LogP contribution < -0.4 is 5.32 Å². The molecule has 1 amide bonds. The standard InChI is InChI=1S/C14H9Br2Cl2NO/c1-7-9(3-2-4-10(7)16)14(20)19-13-11(17)5-8(15)6-12(13)18/h2-6H,1H3,(H,19,20). The number of rotatable bonds is 2. The van der Waals surface area contributed by atoms with Gasteiger partial charge in [-0.1, -0.05) is 61.1 Å². The minimum Gasteiger partial charge on any atom is -0.319 e. The number of halogens is 4. The van der Waals surface area contributed by atoms with Gasteiger partial charge in [-0.25, -0.2) is 0 Å². The Morgan fingerprint density at radius 2 is 1.75 bits per heavy atom. The van der Waals surface area contributed by atoms with Crippen LogP contribution >= 0.6 is 55.1 Å². The van der Waals surface area contributed by atoms with Gasteiger partial charge in [-0.2, -0.15) is 0 Å². The van der Waals surface area contributed by atoms with Crippen LogP contribution in [0, 0.1) is 6.92 Å². The molecule has 0 aliphatic heterocycles. The van der Waals surface area contributed by atoms with Crippen molar-refractivity contribution in [2.75, 3.05) is 5.32 Å². The molecule has 2 nitrogen and oxygen atoms in total. The van der Waals surface area contributed by atoms with Gasteiger partial charge in [0.2, 0.25) is 0 Å². The summed E-state index contributed by atoms with van der Waals surface area (Å²) in [5, 5.41) is 3.51. The van der Waals surface area contributed by atoms with Crippen molar-refractivity contribution in [2.45, 2.75) is 6.92 Å². The van der Waals surface area contributed by atoms with Crippen molar-refractivity contribution in [1.29, 1.82) is 0 Å². The molecule has 0 spiro atoms. The lowest BCUT2D eigenvalue weighted by atomic mass is 10.1. The van der Waals surface area contributed by atoms with Gasteiger partial charge in [-0.05, 0) is 36.8 Å². The van der Waals surface area contributed by atoms with Crippen LogP contribution in [0.5, 0.6) is 0 Å². The monoisotopic (exact) mass is 435 g/mol. The SMILES string of the molecule is Cc1c(Br)cccc1C(=O)Nc1c(Cl)cc(Br)cc1Cl. The van der Waals surface area contributed by atoms with Gasteiger partial charge >= 0.3 is 0 Å². The Kier molecular flexibility index (Phi) is 5.13. The highest BCUT2D eigenvalue weighted by atomic mass is 79.9. The van der Waals surface area contributed by atoms with Crippen molar-refractivity contribution in [3.05, 3.63) is 60.4 Å². The largest absolute Gasteiger partial charge is 0.319 e. The maximum atomic E-state index is 12.3. The van der Waals surface area contributed by atoms with Crippen molar-refractivity contribution in [3.63, 3.8) is 0 Å². The third-order valence-corrected chi connectivity index (χ3v) is 4.67. The van der Waals surface area contributed by atoms with E-state index in [1.54, 1.807) is 24.3 Å². The molecule has 0 aliphatic carbocycles. The Bertz CT molecular complexity index is 666. The Labute approximate surface area is 143 Å². The molecule has 104 valence electrons. The van der Waals surface area contributed by atoms with Crippen LogP contribution in [0.1, 0.15) is 15.9 Å². The van der Waals surface area contributed by atoms with Gasteiger partial charge in [0.15, 0.2) is 0 Å². The van der Waals surface area contributed by atoms with Crippen LogP contribution in [-0.4, -0.2) is 5.91 Å². The molecule has 0 unspecified atom stereocenters. The third kappa shape index (κ3) is 3.37. The topological polar surface area (TPSA) is 29.1 Å². The fourth-order valence-corrected chi connectivity index (χ4v) is 3.37. The predicted octanol–water partition coefficient (Wildman–Crippen LogP) is 6.08. The fourth-order valence-electron chi connectivity index (χ4n) is 1.70. The first-order valence-electron chi connectivity index (χ1n) is 5.61. The van der Waals surface area contributed by atoms with E-state index in [0.29, 0.717) is 21.3 Å². The minimum atomic E-state index is -0.255. The lowest BCUT2D eigenvalue weighted by Gasteiger charge is -2.12. The summed E-state index contributed by atoms with van der Waals surface area (Å²) in [4.78, 5) is 12.3. The Morgan fingerprint density at radius 1 is 1.15 bits per heavy atom. The van der Waals surface area contributed by atoms with Crippen molar-refractivity contribution < 1.29 is 4.79 Å². The Hall–Kier alpha value is -0.550. The molecule has 0 saturated carbocycles. The molecule has 0 aromatic heterocycles. The first kappa shape index (κ1) is 15.8. The summed E-state index contributed by atoms with van der Waals surface area (Å²) in [6, 6.07) is 8.78. The van der Waals surface area contributed by atoms with Gasteiger partial charge in [-0.15, -0.1) is 0 Å². The normalized spacial score (nSPS) is 10.4. The van der Waals surface area contributed by atoms with Gasteiger partial charge in [0, 0.05) is 14.5 Å². The first-order valence-corrected chi connectivity index (χ1v) is 7.95. The van der Waals surface area contributed by atoms with Gasteiger partial charge < -0.3 is 5.32 Å². The van der Waals surface area contributed by atoms with Crippen molar-refractivity contribution >= 4 is 66.7 Å². The summed E-state index contributed by atoms with van der Waals surface area (Å²) in [5.74, 6) is -0.255. The highest BCUT2D eigenvalue weighted by Crippen LogP contribution is 2.34. The molecule has 0 heterocycles. The summed E-state index contributed by atoms with van der Waals surface area (Å²) in [6.07, 6.45) is 0. The molecule has 0 aliphatic rings. The molecule has 20 heavy (non-hydrogen) atoms. The molecular formula is C14H9Br2Cl2NO. The number of carbonyl (C=O) groups is 1. The summed E-state index contributed by atoms with van der Waals surface area (Å²) < 4.78 is 1.63. The zero-order valence-corrected chi connectivity index (χ0v) is 15.0. The van der Waals surface area contributed by atoms with E-state index in [9.17, 15) is 4.79 Å². The maximum absolute atomic E-state index is 12.3. The number of nitrogens with one attached hydrogen (secondary N) is 1.